The number of ketones is 1. The van der Waals surface area contributed by atoms with Crippen LogP contribution >= 0.6 is 0 Å². The van der Waals surface area contributed by atoms with Crippen molar-refractivity contribution < 1.29 is 4.79 Å². The maximum atomic E-state index is 12.5. The molecule has 0 aromatic carbocycles. The highest BCUT2D eigenvalue weighted by Gasteiger charge is 2.62. The van der Waals surface area contributed by atoms with Gasteiger partial charge in [-0.25, -0.2) is 0 Å². The van der Waals surface area contributed by atoms with Crippen molar-refractivity contribution >= 4 is 5.78 Å². The second-order valence-corrected chi connectivity index (χ2v) is 7.41. The molecule has 2 aliphatic heterocycles. The molecule has 6 atom stereocenters. The highest BCUT2D eigenvalue weighted by molar-refractivity contribution is 5.85. The Labute approximate surface area is 110 Å². The summed E-state index contributed by atoms with van der Waals surface area (Å²) in [7, 11) is 0. The highest BCUT2D eigenvalue weighted by atomic mass is 16.1. The van der Waals surface area contributed by atoms with Crippen LogP contribution in [-0.4, -0.2) is 29.8 Å². The predicted octanol–water partition coefficient (Wildman–Crippen LogP) is 2.87. The molecule has 4 aliphatic rings. The molecule has 2 heteroatoms. The van der Waals surface area contributed by atoms with Crippen molar-refractivity contribution in [1.29, 1.82) is 0 Å². The van der Waals surface area contributed by atoms with Gasteiger partial charge in [0.25, 0.3) is 0 Å². The normalized spacial score (nSPS) is 54.9. The van der Waals surface area contributed by atoms with Crippen molar-refractivity contribution in [3.8, 4) is 0 Å². The van der Waals surface area contributed by atoms with E-state index >= 15 is 0 Å². The summed E-state index contributed by atoms with van der Waals surface area (Å²) in [5.74, 6) is 2.62. The summed E-state index contributed by atoms with van der Waals surface area (Å²) in [4.78, 5) is 15.3. The summed E-state index contributed by atoms with van der Waals surface area (Å²) in [6.07, 6.45) is 8.74. The topological polar surface area (TPSA) is 20.3 Å². The zero-order valence-corrected chi connectivity index (χ0v) is 11.5. The first-order valence-electron chi connectivity index (χ1n) is 7.98. The molecule has 0 aromatic heterocycles. The van der Waals surface area contributed by atoms with Gasteiger partial charge < -0.3 is 0 Å². The molecule has 1 unspecified atom stereocenters. The lowest BCUT2D eigenvalue weighted by Gasteiger charge is -2.56. The first kappa shape index (κ1) is 11.5. The van der Waals surface area contributed by atoms with E-state index in [9.17, 15) is 4.79 Å². The summed E-state index contributed by atoms with van der Waals surface area (Å²) >= 11 is 0. The fourth-order valence-electron chi connectivity index (χ4n) is 6.12. The van der Waals surface area contributed by atoms with Crippen molar-refractivity contribution in [3.63, 3.8) is 0 Å². The average Bonchev–Trinajstić information content (AvgIpc) is 2.55. The maximum absolute atomic E-state index is 12.5. The van der Waals surface area contributed by atoms with Crippen LogP contribution in [0, 0.1) is 23.2 Å². The molecule has 2 saturated carbocycles. The van der Waals surface area contributed by atoms with Gasteiger partial charge >= 0.3 is 0 Å². The molecule has 0 amide bonds. The van der Waals surface area contributed by atoms with Crippen molar-refractivity contribution in [3.05, 3.63) is 0 Å². The van der Waals surface area contributed by atoms with Gasteiger partial charge in [-0.3, -0.25) is 9.69 Å². The number of Topliss-reactive ketones (excluding diaryl/α,β-unsaturated/α-hetero) is 1. The number of piperidine rings is 1. The second-order valence-electron chi connectivity index (χ2n) is 7.41. The van der Waals surface area contributed by atoms with E-state index in [1.54, 1.807) is 0 Å². The standard InChI is InChI=1S/C16H25NO/c1-11-8-12-10-14(18)13-4-2-6-17-7-3-5-16(12,13)15(17)9-11/h11-13,15H,2-10H2,1H3/t11-,12+,13-,15+,16+/m1/s1. The number of hydrogen-bond acceptors (Lipinski definition) is 2. The Bertz CT molecular complexity index is 379. The molecule has 4 fully saturated rings. The Hall–Kier alpha value is -0.370. The lowest BCUT2D eigenvalue weighted by atomic mass is 9.55. The fourth-order valence-corrected chi connectivity index (χ4v) is 6.12. The van der Waals surface area contributed by atoms with E-state index < -0.39 is 0 Å². The van der Waals surface area contributed by atoms with Gasteiger partial charge in [0.1, 0.15) is 5.78 Å². The van der Waals surface area contributed by atoms with Crippen molar-refractivity contribution in [2.45, 2.75) is 57.9 Å². The molecular weight excluding hydrogens is 222 g/mol. The summed E-state index contributed by atoms with van der Waals surface area (Å²) < 4.78 is 0. The third-order valence-corrected chi connectivity index (χ3v) is 6.61. The Balaban J connectivity index is 1.83. The Morgan fingerprint density at radius 2 is 2.06 bits per heavy atom. The summed E-state index contributed by atoms with van der Waals surface area (Å²) in [6.45, 7) is 4.97. The van der Waals surface area contributed by atoms with E-state index in [4.69, 9.17) is 0 Å². The van der Waals surface area contributed by atoms with E-state index in [0.717, 1.165) is 24.3 Å². The largest absolute Gasteiger partial charge is 0.300 e. The van der Waals surface area contributed by atoms with Gasteiger partial charge in [-0.05, 0) is 68.9 Å². The minimum Gasteiger partial charge on any atom is -0.300 e. The molecule has 2 bridgehead atoms. The van der Waals surface area contributed by atoms with Gasteiger partial charge in [0.05, 0.1) is 0 Å². The zero-order valence-electron chi connectivity index (χ0n) is 11.5. The van der Waals surface area contributed by atoms with E-state index in [-0.39, 0.29) is 0 Å². The zero-order chi connectivity index (χ0) is 12.3. The second kappa shape index (κ2) is 3.82. The average molecular weight is 247 g/mol. The first-order chi connectivity index (χ1) is 8.72. The minimum absolute atomic E-state index is 0.415. The fraction of sp³-hybridized carbons (Fsp3) is 0.938. The van der Waals surface area contributed by atoms with Crippen LogP contribution in [-0.2, 0) is 4.79 Å². The van der Waals surface area contributed by atoms with E-state index in [2.05, 4.69) is 11.8 Å². The lowest BCUT2D eigenvalue weighted by molar-refractivity contribution is -0.125. The molecule has 0 N–H and O–H groups in total. The number of carbonyl (C=O) groups is 1. The predicted molar refractivity (Wildman–Crippen MR) is 71.3 cm³/mol. The number of nitrogens with zero attached hydrogens (tertiary/aromatic N) is 1. The minimum atomic E-state index is 0.415. The summed E-state index contributed by atoms with van der Waals surface area (Å²) in [5.41, 5.74) is 0.415. The van der Waals surface area contributed by atoms with Crippen LogP contribution in [0.2, 0.25) is 0 Å². The molecule has 0 aromatic rings. The van der Waals surface area contributed by atoms with E-state index in [0.29, 0.717) is 17.1 Å². The molecule has 1 spiro atoms. The van der Waals surface area contributed by atoms with Crippen LogP contribution < -0.4 is 0 Å². The quantitative estimate of drug-likeness (QED) is 0.656. The summed E-state index contributed by atoms with van der Waals surface area (Å²) in [5, 5.41) is 0. The van der Waals surface area contributed by atoms with Crippen LogP contribution in [0.1, 0.15) is 51.9 Å². The van der Waals surface area contributed by atoms with Crippen LogP contribution in [0.3, 0.4) is 0 Å². The maximum Gasteiger partial charge on any atom is 0.136 e. The first-order valence-corrected chi connectivity index (χ1v) is 7.98. The molecular formula is C16H25NO. The Morgan fingerprint density at radius 1 is 1.22 bits per heavy atom. The smallest absolute Gasteiger partial charge is 0.136 e. The van der Waals surface area contributed by atoms with Crippen molar-refractivity contribution in [2.24, 2.45) is 23.2 Å². The molecule has 0 radical (unpaired) electrons. The van der Waals surface area contributed by atoms with E-state index in [1.165, 1.54) is 51.6 Å². The molecule has 2 heterocycles. The van der Waals surface area contributed by atoms with Crippen LogP contribution in [0.15, 0.2) is 0 Å². The van der Waals surface area contributed by atoms with Gasteiger partial charge in [0, 0.05) is 18.4 Å². The van der Waals surface area contributed by atoms with E-state index in [1.807, 2.05) is 0 Å². The third-order valence-electron chi connectivity index (χ3n) is 6.61. The van der Waals surface area contributed by atoms with Gasteiger partial charge in [-0.1, -0.05) is 6.92 Å². The highest BCUT2D eigenvalue weighted by Crippen LogP contribution is 2.62. The van der Waals surface area contributed by atoms with Gasteiger partial charge in [0.2, 0.25) is 0 Å². The van der Waals surface area contributed by atoms with Crippen molar-refractivity contribution in [2.75, 3.05) is 13.1 Å². The van der Waals surface area contributed by atoms with Gasteiger partial charge in [-0.2, -0.15) is 0 Å². The Morgan fingerprint density at radius 3 is 2.94 bits per heavy atom. The molecule has 4 rings (SSSR count). The molecule has 2 saturated heterocycles. The lowest BCUT2D eigenvalue weighted by Crippen LogP contribution is -2.58. The number of hydrogen-bond donors (Lipinski definition) is 0. The third kappa shape index (κ3) is 1.31. The van der Waals surface area contributed by atoms with Crippen LogP contribution in [0.5, 0.6) is 0 Å². The molecule has 100 valence electrons. The van der Waals surface area contributed by atoms with Crippen molar-refractivity contribution in [1.82, 2.24) is 4.90 Å². The van der Waals surface area contributed by atoms with Crippen LogP contribution in [0.4, 0.5) is 0 Å². The molecule has 18 heavy (non-hydrogen) atoms. The van der Waals surface area contributed by atoms with Gasteiger partial charge in [0.15, 0.2) is 0 Å². The summed E-state index contributed by atoms with van der Waals surface area (Å²) in [6, 6.07) is 0.749. The number of carbonyl (C=O) groups excluding carboxylic acids is 1. The molecule has 2 nitrogen and oxygen atoms in total. The van der Waals surface area contributed by atoms with Gasteiger partial charge in [-0.15, -0.1) is 0 Å². The monoisotopic (exact) mass is 247 g/mol. The molecule has 2 aliphatic carbocycles. The number of rotatable bonds is 0. The van der Waals surface area contributed by atoms with Crippen LogP contribution in [0.25, 0.3) is 0 Å². The Kier molecular flexibility index (Phi) is 2.43. The SMILES string of the molecule is C[C@@H]1C[C@H]2CC(=O)[C@H]3CCCN4CCC[C@]23[C@@H]4C1.